The van der Waals surface area contributed by atoms with Crippen LogP contribution in [0.3, 0.4) is 0 Å². The van der Waals surface area contributed by atoms with Crippen molar-refractivity contribution in [2.75, 3.05) is 0 Å². The minimum Gasteiger partial charge on any atom is -0.480 e. The summed E-state index contributed by atoms with van der Waals surface area (Å²) in [6.07, 6.45) is 6.59. The third kappa shape index (κ3) is 3.52. The van der Waals surface area contributed by atoms with Crippen molar-refractivity contribution in [3.05, 3.63) is 35.4 Å². The van der Waals surface area contributed by atoms with E-state index in [4.69, 9.17) is 13.6 Å². The Hall–Kier alpha value is -1.33. The second kappa shape index (κ2) is 7.28. The smallest absolute Gasteiger partial charge is 0.323 e. The van der Waals surface area contributed by atoms with Crippen molar-refractivity contribution in [1.29, 1.82) is 0 Å². The SMILES string of the molecule is [B]CCCCC(N)(C(=O)O)C1CC(NC2Cc3ccccc3C2)C1. The maximum Gasteiger partial charge on any atom is 0.323 e. The molecule has 0 aromatic heterocycles. The fraction of sp³-hybridized carbons (Fsp3) is 0.632. The van der Waals surface area contributed by atoms with Gasteiger partial charge in [0.15, 0.2) is 0 Å². The van der Waals surface area contributed by atoms with E-state index in [9.17, 15) is 9.90 Å². The topological polar surface area (TPSA) is 75.4 Å². The van der Waals surface area contributed by atoms with Crippen LogP contribution in [0.15, 0.2) is 24.3 Å². The molecule has 1 aromatic carbocycles. The molecule has 1 unspecified atom stereocenters. The minimum absolute atomic E-state index is 0.0639. The van der Waals surface area contributed by atoms with Crippen molar-refractivity contribution in [2.24, 2.45) is 11.7 Å². The molecule has 1 fully saturated rings. The van der Waals surface area contributed by atoms with Gasteiger partial charge in [0.05, 0.1) is 7.85 Å². The number of hydrogen-bond acceptors (Lipinski definition) is 3. The second-order valence-corrected chi connectivity index (χ2v) is 7.50. The van der Waals surface area contributed by atoms with Crippen molar-refractivity contribution in [3.63, 3.8) is 0 Å². The van der Waals surface area contributed by atoms with Crippen LogP contribution in [0.1, 0.15) is 43.2 Å². The van der Waals surface area contributed by atoms with Crippen LogP contribution >= 0.6 is 0 Å². The minimum atomic E-state index is -1.09. The third-order valence-corrected chi connectivity index (χ3v) is 5.83. The Balaban J connectivity index is 1.49. The summed E-state index contributed by atoms with van der Waals surface area (Å²) in [7, 11) is 5.51. The van der Waals surface area contributed by atoms with Crippen molar-refractivity contribution in [3.8, 4) is 0 Å². The highest BCUT2D eigenvalue weighted by Crippen LogP contribution is 2.39. The molecule has 0 amide bonds. The summed E-state index contributed by atoms with van der Waals surface area (Å²) in [5.41, 5.74) is 8.04. The monoisotopic (exact) mass is 326 g/mol. The van der Waals surface area contributed by atoms with Gasteiger partial charge in [-0.3, -0.25) is 4.79 Å². The average molecular weight is 326 g/mol. The van der Waals surface area contributed by atoms with Gasteiger partial charge < -0.3 is 16.2 Å². The van der Waals surface area contributed by atoms with Crippen LogP contribution in [0, 0.1) is 5.92 Å². The molecule has 128 valence electrons. The molecule has 2 aliphatic rings. The molecule has 4 N–H and O–H groups in total. The number of rotatable bonds is 8. The number of carbonyl (C=O) groups is 1. The van der Waals surface area contributed by atoms with Gasteiger partial charge >= 0.3 is 5.97 Å². The molecular weight excluding hydrogens is 299 g/mol. The molecule has 0 heterocycles. The lowest BCUT2D eigenvalue weighted by atomic mass is 9.66. The molecule has 3 rings (SSSR count). The van der Waals surface area contributed by atoms with E-state index in [-0.39, 0.29) is 5.92 Å². The van der Waals surface area contributed by atoms with E-state index in [1.54, 1.807) is 0 Å². The molecule has 1 atom stereocenters. The summed E-state index contributed by atoms with van der Waals surface area (Å²) in [6, 6.07) is 9.46. The molecule has 1 aromatic rings. The zero-order valence-corrected chi connectivity index (χ0v) is 14.2. The van der Waals surface area contributed by atoms with Crippen LogP contribution in [0.2, 0.25) is 6.32 Å². The number of aliphatic carboxylic acids is 1. The first-order valence-corrected chi connectivity index (χ1v) is 9.08. The number of nitrogens with one attached hydrogen (secondary N) is 1. The largest absolute Gasteiger partial charge is 0.480 e. The van der Waals surface area contributed by atoms with Gasteiger partial charge in [-0.1, -0.05) is 43.4 Å². The van der Waals surface area contributed by atoms with Crippen LogP contribution in [0.4, 0.5) is 0 Å². The number of carboxylic acids is 1. The molecule has 5 heteroatoms. The third-order valence-electron chi connectivity index (χ3n) is 5.83. The lowest BCUT2D eigenvalue weighted by Crippen LogP contribution is -2.61. The van der Waals surface area contributed by atoms with Crippen LogP contribution in [-0.2, 0) is 17.6 Å². The molecule has 2 radical (unpaired) electrons. The Morgan fingerprint density at radius 3 is 2.38 bits per heavy atom. The Morgan fingerprint density at radius 2 is 1.83 bits per heavy atom. The first-order valence-electron chi connectivity index (χ1n) is 9.08. The zero-order chi connectivity index (χ0) is 17.2. The van der Waals surface area contributed by atoms with E-state index >= 15 is 0 Å². The summed E-state index contributed by atoms with van der Waals surface area (Å²) >= 11 is 0. The normalized spacial score (nSPS) is 25.7. The predicted molar refractivity (Wildman–Crippen MR) is 96.3 cm³/mol. The fourth-order valence-electron chi connectivity index (χ4n) is 4.23. The molecule has 2 aliphatic carbocycles. The molecule has 4 nitrogen and oxygen atoms in total. The van der Waals surface area contributed by atoms with Crippen molar-refractivity contribution in [2.45, 2.75) is 68.9 Å². The van der Waals surface area contributed by atoms with Crippen LogP contribution in [0.25, 0.3) is 0 Å². The Labute approximate surface area is 145 Å². The van der Waals surface area contributed by atoms with E-state index in [0.717, 1.165) is 38.5 Å². The molecule has 24 heavy (non-hydrogen) atoms. The average Bonchev–Trinajstić information content (AvgIpc) is 2.92. The highest BCUT2D eigenvalue weighted by Gasteiger charge is 2.48. The van der Waals surface area contributed by atoms with Gasteiger partial charge in [-0.15, -0.1) is 0 Å². The molecule has 0 saturated heterocycles. The van der Waals surface area contributed by atoms with Crippen LogP contribution < -0.4 is 11.1 Å². The van der Waals surface area contributed by atoms with Gasteiger partial charge in [-0.25, -0.2) is 0 Å². The molecule has 0 aliphatic heterocycles. The Bertz CT molecular complexity index is 563. The first-order chi connectivity index (χ1) is 11.5. The van der Waals surface area contributed by atoms with E-state index in [1.807, 2.05) is 0 Å². The predicted octanol–water partition coefficient (Wildman–Crippen LogP) is 2.06. The maximum atomic E-state index is 11.7. The molecule has 1 saturated carbocycles. The van der Waals surface area contributed by atoms with Crippen molar-refractivity contribution < 1.29 is 9.90 Å². The van der Waals surface area contributed by atoms with Gasteiger partial charge in [0, 0.05) is 12.1 Å². The zero-order valence-electron chi connectivity index (χ0n) is 14.2. The van der Waals surface area contributed by atoms with Gasteiger partial charge in [-0.2, -0.15) is 0 Å². The summed E-state index contributed by atoms with van der Waals surface area (Å²) in [5, 5.41) is 13.3. The number of carboxylic acid groups (broad SMARTS) is 1. The van der Waals surface area contributed by atoms with Crippen LogP contribution in [0.5, 0.6) is 0 Å². The van der Waals surface area contributed by atoms with E-state index < -0.39 is 11.5 Å². The standard InChI is InChI=1S/C19H27BN2O2/c20-8-4-3-7-19(21,18(23)24)15-11-17(12-15)22-16-9-13-5-1-2-6-14(13)10-16/h1-2,5-6,15-17,22H,3-4,7-12,21H2,(H,23,24). The Kier molecular flexibility index (Phi) is 5.31. The summed E-state index contributed by atoms with van der Waals surface area (Å²) < 4.78 is 0. The Morgan fingerprint density at radius 1 is 1.21 bits per heavy atom. The lowest BCUT2D eigenvalue weighted by Gasteiger charge is -2.45. The van der Waals surface area contributed by atoms with E-state index in [0.29, 0.717) is 24.8 Å². The lowest BCUT2D eigenvalue weighted by molar-refractivity contribution is -0.148. The highest BCUT2D eigenvalue weighted by molar-refractivity contribution is 6.08. The number of hydrogen-bond donors (Lipinski definition) is 3. The highest BCUT2D eigenvalue weighted by atomic mass is 16.4. The molecular formula is C19H27BN2O2. The fourth-order valence-corrected chi connectivity index (χ4v) is 4.23. The number of fused-ring (bicyclic) bond motifs is 1. The number of benzene rings is 1. The van der Waals surface area contributed by atoms with E-state index in [2.05, 4.69) is 29.6 Å². The van der Waals surface area contributed by atoms with Crippen molar-refractivity contribution >= 4 is 13.8 Å². The quantitative estimate of drug-likeness (QED) is 0.505. The number of nitrogens with two attached hydrogens (primary N) is 1. The van der Waals surface area contributed by atoms with Crippen LogP contribution in [-0.4, -0.2) is 36.5 Å². The summed E-state index contributed by atoms with van der Waals surface area (Å²) in [4.78, 5) is 11.7. The second-order valence-electron chi connectivity index (χ2n) is 7.50. The van der Waals surface area contributed by atoms with Gasteiger partial charge in [-0.05, 0) is 49.1 Å². The summed E-state index contributed by atoms with van der Waals surface area (Å²) in [6.45, 7) is 0. The van der Waals surface area contributed by atoms with Gasteiger partial charge in [0.1, 0.15) is 5.54 Å². The first kappa shape index (κ1) is 17.5. The molecule has 0 spiro atoms. The van der Waals surface area contributed by atoms with E-state index in [1.165, 1.54) is 11.1 Å². The van der Waals surface area contributed by atoms with Gasteiger partial charge in [0.25, 0.3) is 0 Å². The summed E-state index contributed by atoms with van der Waals surface area (Å²) in [5.74, 6) is -0.801. The van der Waals surface area contributed by atoms with Crippen molar-refractivity contribution in [1.82, 2.24) is 5.32 Å². The van der Waals surface area contributed by atoms with Gasteiger partial charge in [0.2, 0.25) is 0 Å². The maximum absolute atomic E-state index is 11.7. The molecule has 0 bridgehead atoms. The number of unbranched alkanes of at least 4 members (excludes halogenated alkanes) is 1.